The van der Waals surface area contributed by atoms with Gasteiger partial charge < -0.3 is 10.1 Å². The molecule has 1 unspecified atom stereocenters. The molecule has 0 aliphatic rings. The fraction of sp³-hybridized carbons (Fsp3) is 0.647. The normalized spacial score (nSPS) is 13.6. The van der Waals surface area contributed by atoms with Crippen LogP contribution in [0.4, 0.5) is 0 Å². The van der Waals surface area contributed by atoms with E-state index in [0.717, 1.165) is 18.7 Å². The topological polar surface area (TPSA) is 21.3 Å². The standard InChI is InChI=1S/C17H29NO/c1-13(2)19-16-9-7-8-15(11-16)10-14(3)12-18-17(4,5)6/h7-9,11,13-14,18H,10,12H2,1-6H3. The summed E-state index contributed by atoms with van der Waals surface area (Å²) in [6.45, 7) is 14.1. The Balaban J connectivity index is 2.52. The van der Waals surface area contributed by atoms with Crippen LogP contribution in [-0.4, -0.2) is 18.2 Å². The van der Waals surface area contributed by atoms with Gasteiger partial charge in [-0.25, -0.2) is 0 Å². The molecule has 1 atom stereocenters. The number of hydrogen-bond acceptors (Lipinski definition) is 2. The van der Waals surface area contributed by atoms with Crippen molar-refractivity contribution in [1.82, 2.24) is 5.32 Å². The van der Waals surface area contributed by atoms with Gasteiger partial charge in [0.2, 0.25) is 0 Å². The van der Waals surface area contributed by atoms with Crippen LogP contribution in [0.3, 0.4) is 0 Å². The quantitative estimate of drug-likeness (QED) is 0.836. The summed E-state index contributed by atoms with van der Waals surface area (Å²) in [6.07, 6.45) is 1.31. The fourth-order valence-electron chi connectivity index (χ4n) is 1.97. The lowest BCUT2D eigenvalue weighted by molar-refractivity contribution is 0.242. The minimum Gasteiger partial charge on any atom is -0.491 e. The van der Waals surface area contributed by atoms with Crippen molar-refractivity contribution in [2.45, 2.75) is 59.6 Å². The van der Waals surface area contributed by atoms with E-state index >= 15 is 0 Å². The van der Waals surface area contributed by atoms with Crippen LogP contribution < -0.4 is 10.1 Å². The Bertz CT molecular complexity index is 379. The van der Waals surface area contributed by atoms with Gasteiger partial charge in [-0.15, -0.1) is 0 Å². The molecule has 0 aliphatic carbocycles. The van der Waals surface area contributed by atoms with Crippen LogP contribution in [-0.2, 0) is 6.42 Å². The van der Waals surface area contributed by atoms with E-state index in [4.69, 9.17) is 4.74 Å². The van der Waals surface area contributed by atoms with Gasteiger partial charge in [-0.2, -0.15) is 0 Å². The number of benzene rings is 1. The molecule has 2 heteroatoms. The Morgan fingerprint density at radius 3 is 2.42 bits per heavy atom. The average Bonchev–Trinajstić information content (AvgIpc) is 2.25. The number of rotatable bonds is 6. The smallest absolute Gasteiger partial charge is 0.119 e. The molecule has 0 saturated carbocycles. The summed E-state index contributed by atoms with van der Waals surface area (Å²) in [5, 5.41) is 3.56. The SMILES string of the molecule is CC(CNC(C)(C)C)Cc1cccc(OC(C)C)c1. The van der Waals surface area contributed by atoms with Crippen molar-refractivity contribution >= 4 is 0 Å². The highest BCUT2D eigenvalue weighted by atomic mass is 16.5. The molecule has 0 fully saturated rings. The zero-order valence-electron chi connectivity index (χ0n) is 13.3. The molecule has 0 heterocycles. The Morgan fingerprint density at radius 1 is 1.16 bits per heavy atom. The zero-order valence-corrected chi connectivity index (χ0v) is 13.3. The molecule has 0 amide bonds. The Labute approximate surface area is 118 Å². The van der Waals surface area contributed by atoms with E-state index in [2.05, 4.69) is 65.1 Å². The first-order valence-corrected chi connectivity index (χ1v) is 7.27. The Morgan fingerprint density at radius 2 is 1.84 bits per heavy atom. The lowest BCUT2D eigenvalue weighted by Crippen LogP contribution is -2.39. The van der Waals surface area contributed by atoms with Crippen molar-refractivity contribution in [2.24, 2.45) is 5.92 Å². The first kappa shape index (κ1) is 16.0. The predicted molar refractivity (Wildman–Crippen MR) is 82.8 cm³/mol. The van der Waals surface area contributed by atoms with Crippen LogP contribution in [0.2, 0.25) is 0 Å². The first-order valence-electron chi connectivity index (χ1n) is 7.27. The molecule has 1 N–H and O–H groups in total. The second-order valence-corrected chi connectivity index (χ2v) is 6.75. The maximum atomic E-state index is 5.74. The monoisotopic (exact) mass is 263 g/mol. The van der Waals surface area contributed by atoms with E-state index in [-0.39, 0.29) is 11.6 Å². The van der Waals surface area contributed by atoms with Crippen LogP contribution in [0, 0.1) is 5.92 Å². The van der Waals surface area contributed by atoms with Crippen LogP contribution in [0.1, 0.15) is 47.1 Å². The van der Waals surface area contributed by atoms with Gasteiger partial charge in [0.05, 0.1) is 6.10 Å². The lowest BCUT2D eigenvalue weighted by Gasteiger charge is -2.23. The summed E-state index contributed by atoms with van der Waals surface area (Å²) in [5.74, 6) is 1.59. The molecule has 0 aliphatic heterocycles. The largest absolute Gasteiger partial charge is 0.491 e. The van der Waals surface area contributed by atoms with Gasteiger partial charge in [-0.3, -0.25) is 0 Å². The van der Waals surface area contributed by atoms with Gasteiger partial charge in [0.1, 0.15) is 5.75 Å². The summed E-state index contributed by atoms with van der Waals surface area (Å²) in [7, 11) is 0. The lowest BCUT2D eigenvalue weighted by atomic mass is 9.99. The fourth-order valence-corrected chi connectivity index (χ4v) is 1.97. The molecule has 1 aromatic carbocycles. The summed E-state index contributed by atoms with van der Waals surface area (Å²) in [5.41, 5.74) is 1.54. The van der Waals surface area contributed by atoms with Crippen molar-refractivity contribution in [3.05, 3.63) is 29.8 Å². The summed E-state index contributed by atoms with van der Waals surface area (Å²) in [6, 6.07) is 8.45. The number of hydrogen-bond donors (Lipinski definition) is 1. The van der Waals surface area contributed by atoms with Gasteiger partial charge in [-0.05, 0) is 71.2 Å². The molecule has 108 valence electrons. The third-order valence-corrected chi connectivity index (χ3v) is 2.84. The second-order valence-electron chi connectivity index (χ2n) is 6.75. The van der Waals surface area contributed by atoms with Gasteiger partial charge >= 0.3 is 0 Å². The molecule has 1 aromatic rings. The van der Waals surface area contributed by atoms with Crippen molar-refractivity contribution in [2.75, 3.05) is 6.54 Å². The minimum absolute atomic E-state index is 0.191. The molecule has 0 bridgehead atoms. The average molecular weight is 263 g/mol. The van der Waals surface area contributed by atoms with Crippen LogP contribution in [0.25, 0.3) is 0 Å². The zero-order chi connectivity index (χ0) is 14.5. The second kappa shape index (κ2) is 6.95. The van der Waals surface area contributed by atoms with E-state index in [1.54, 1.807) is 0 Å². The van der Waals surface area contributed by atoms with Crippen molar-refractivity contribution in [1.29, 1.82) is 0 Å². The van der Waals surface area contributed by atoms with E-state index in [9.17, 15) is 0 Å². The third kappa shape index (κ3) is 7.22. The highest BCUT2D eigenvalue weighted by Crippen LogP contribution is 2.17. The summed E-state index contributed by atoms with van der Waals surface area (Å²) < 4.78 is 5.74. The van der Waals surface area contributed by atoms with E-state index in [0.29, 0.717) is 5.92 Å². The van der Waals surface area contributed by atoms with Crippen LogP contribution >= 0.6 is 0 Å². The van der Waals surface area contributed by atoms with Gasteiger partial charge in [-0.1, -0.05) is 19.1 Å². The van der Waals surface area contributed by atoms with E-state index in [1.165, 1.54) is 5.56 Å². The summed E-state index contributed by atoms with van der Waals surface area (Å²) >= 11 is 0. The van der Waals surface area contributed by atoms with Gasteiger partial charge in [0.15, 0.2) is 0 Å². The highest BCUT2D eigenvalue weighted by molar-refractivity contribution is 5.29. The minimum atomic E-state index is 0.191. The van der Waals surface area contributed by atoms with Crippen LogP contribution in [0.15, 0.2) is 24.3 Å². The van der Waals surface area contributed by atoms with E-state index < -0.39 is 0 Å². The number of nitrogens with one attached hydrogen (secondary N) is 1. The molecule has 0 spiro atoms. The molecular weight excluding hydrogens is 234 g/mol. The molecule has 0 saturated heterocycles. The first-order chi connectivity index (χ1) is 8.76. The van der Waals surface area contributed by atoms with Crippen molar-refractivity contribution in [3.63, 3.8) is 0 Å². The predicted octanol–water partition coefficient (Wildman–Crippen LogP) is 4.04. The van der Waals surface area contributed by atoms with E-state index in [1.807, 2.05) is 6.07 Å². The van der Waals surface area contributed by atoms with Gasteiger partial charge in [0.25, 0.3) is 0 Å². The molecule has 2 nitrogen and oxygen atoms in total. The maximum absolute atomic E-state index is 5.74. The molecular formula is C17H29NO. The Kier molecular flexibility index (Phi) is 5.86. The summed E-state index contributed by atoms with van der Waals surface area (Å²) in [4.78, 5) is 0. The van der Waals surface area contributed by atoms with Crippen molar-refractivity contribution in [3.8, 4) is 5.75 Å². The Hall–Kier alpha value is -1.02. The van der Waals surface area contributed by atoms with Crippen molar-refractivity contribution < 1.29 is 4.74 Å². The van der Waals surface area contributed by atoms with Crippen LogP contribution in [0.5, 0.6) is 5.75 Å². The molecule has 0 aromatic heterocycles. The molecule has 1 rings (SSSR count). The van der Waals surface area contributed by atoms with Gasteiger partial charge in [0, 0.05) is 5.54 Å². The molecule has 19 heavy (non-hydrogen) atoms. The maximum Gasteiger partial charge on any atom is 0.119 e. The molecule has 0 radical (unpaired) electrons. The highest BCUT2D eigenvalue weighted by Gasteiger charge is 2.11. The number of ether oxygens (including phenoxy) is 1. The third-order valence-electron chi connectivity index (χ3n) is 2.84.